The monoisotopic (exact) mass is 464 g/mol. The van der Waals surface area contributed by atoms with Gasteiger partial charge in [-0.1, -0.05) is 23.2 Å². The molecule has 8 heteroatoms. The number of hydrogen-bond acceptors (Lipinski definition) is 4. The Bertz CT molecular complexity index is 753. The zero-order chi connectivity index (χ0) is 16.8. The molecule has 120 valence electrons. The lowest BCUT2D eigenvalue weighted by molar-refractivity contribution is -0.123. The molecule has 0 unspecified atom stereocenters. The number of aromatic hydroxyl groups is 1. The second-order valence-electron chi connectivity index (χ2n) is 4.36. The Hall–Kier alpha value is -1.51. The highest BCUT2D eigenvalue weighted by Gasteiger charge is 2.06. The third kappa shape index (κ3) is 5.56. The number of hydrogen-bond donors (Lipinski definition) is 2. The normalized spacial score (nSPS) is 10.7. The first kappa shape index (κ1) is 17.8. The van der Waals surface area contributed by atoms with Crippen LogP contribution in [-0.4, -0.2) is 23.8 Å². The van der Waals surface area contributed by atoms with Crippen molar-refractivity contribution in [2.24, 2.45) is 5.10 Å². The van der Waals surface area contributed by atoms with E-state index in [0.717, 1.165) is 3.57 Å². The minimum atomic E-state index is -0.461. The number of phenols is 1. The number of amides is 1. The smallest absolute Gasteiger partial charge is 0.277 e. The lowest BCUT2D eigenvalue weighted by Gasteiger charge is -2.07. The van der Waals surface area contributed by atoms with E-state index in [4.69, 9.17) is 27.9 Å². The van der Waals surface area contributed by atoms with Crippen LogP contribution in [0.1, 0.15) is 5.56 Å². The SMILES string of the molecule is O=C(COc1ccc(Cl)cc1Cl)N/N=C/c1cc(I)ccc1O. The van der Waals surface area contributed by atoms with Gasteiger partial charge in [-0.25, -0.2) is 5.43 Å². The number of nitrogens with one attached hydrogen (secondary N) is 1. The van der Waals surface area contributed by atoms with E-state index in [9.17, 15) is 9.90 Å². The van der Waals surface area contributed by atoms with Crippen molar-refractivity contribution in [3.05, 3.63) is 55.6 Å². The Balaban J connectivity index is 1.87. The average molecular weight is 465 g/mol. The summed E-state index contributed by atoms with van der Waals surface area (Å²) in [6.45, 7) is -0.253. The molecule has 0 aliphatic heterocycles. The minimum absolute atomic E-state index is 0.0765. The summed E-state index contributed by atoms with van der Waals surface area (Å²) in [7, 11) is 0. The van der Waals surface area contributed by atoms with E-state index in [1.165, 1.54) is 12.3 Å². The molecule has 2 rings (SSSR count). The Kier molecular flexibility index (Phi) is 6.49. The summed E-state index contributed by atoms with van der Waals surface area (Å²) in [5, 5.41) is 14.2. The quantitative estimate of drug-likeness (QED) is 0.401. The third-order valence-electron chi connectivity index (χ3n) is 2.64. The molecule has 0 radical (unpaired) electrons. The van der Waals surface area contributed by atoms with Crippen LogP contribution in [0.5, 0.6) is 11.5 Å². The zero-order valence-corrected chi connectivity index (χ0v) is 15.3. The average Bonchev–Trinajstić information content (AvgIpc) is 2.50. The van der Waals surface area contributed by atoms with E-state index in [1.807, 2.05) is 0 Å². The summed E-state index contributed by atoms with van der Waals surface area (Å²) in [4.78, 5) is 11.7. The largest absolute Gasteiger partial charge is 0.507 e. The van der Waals surface area contributed by atoms with E-state index >= 15 is 0 Å². The predicted molar refractivity (Wildman–Crippen MR) is 98.5 cm³/mol. The summed E-state index contributed by atoms with van der Waals surface area (Å²) in [6, 6.07) is 9.75. The first-order valence-electron chi connectivity index (χ1n) is 6.34. The number of carbonyl (C=O) groups is 1. The maximum absolute atomic E-state index is 11.7. The predicted octanol–water partition coefficient (Wildman–Crippen LogP) is 3.83. The first-order valence-corrected chi connectivity index (χ1v) is 8.17. The highest BCUT2D eigenvalue weighted by molar-refractivity contribution is 14.1. The second kappa shape index (κ2) is 8.37. The fourth-order valence-corrected chi connectivity index (χ4v) is 2.55. The molecule has 23 heavy (non-hydrogen) atoms. The van der Waals surface area contributed by atoms with Gasteiger partial charge in [0.2, 0.25) is 0 Å². The second-order valence-corrected chi connectivity index (χ2v) is 6.45. The van der Waals surface area contributed by atoms with Gasteiger partial charge in [-0.2, -0.15) is 5.10 Å². The van der Waals surface area contributed by atoms with Gasteiger partial charge in [0.25, 0.3) is 5.91 Å². The number of carbonyl (C=O) groups excluding carboxylic acids is 1. The van der Waals surface area contributed by atoms with Crippen LogP contribution in [0.3, 0.4) is 0 Å². The maximum atomic E-state index is 11.7. The molecule has 0 aliphatic rings. The number of ether oxygens (including phenoxy) is 1. The van der Waals surface area contributed by atoms with Gasteiger partial charge in [0, 0.05) is 14.2 Å². The number of hydrazone groups is 1. The van der Waals surface area contributed by atoms with Crippen molar-refractivity contribution in [3.8, 4) is 11.5 Å². The van der Waals surface area contributed by atoms with E-state index in [-0.39, 0.29) is 12.4 Å². The lowest BCUT2D eigenvalue weighted by atomic mass is 10.2. The Morgan fingerprint density at radius 2 is 2.09 bits per heavy atom. The van der Waals surface area contributed by atoms with Crippen LogP contribution in [0.15, 0.2) is 41.5 Å². The first-order chi connectivity index (χ1) is 11.0. The summed E-state index contributed by atoms with van der Waals surface area (Å²) < 4.78 is 6.21. The van der Waals surface area contributed by atoms with Gasteiger partial charge < -0.3 is 9.84 Å². The van der Waals surface area contributed by atoms with Gasteiger partial charge in [0.05, 0.1) is 11.2 Å². The van der Waals surface area contributed by atoms with Gasteiger partial charge in [-0.15, -0.1) is 0 Å². The van der Waals surface area contributed by atoms with Crippen LogP contribution in [0.25, 0.3) is 0 Å². The molecule has 0 aromatic heterocycles. The molecule has 5 nitrogen and oxygen atoms in total. The number of benzene rings is 2. The molecule has 2 N–H and O–H groups in total. The summed E-state index contributed by atoms with van der Waals surface area (Å²) in [5.74, 6) is -0.0320. The van der Waals surface area contributed by atoms with Crippen molar-refractivity contribution < 1.29 is 14.6 Å². The molecule has 0 saturated heterocycles. The molecule has 0 saturated carbocycles. The maximum Gasteiger partial charge on any atom is 0.277 e. The molecular formula is C15H11Cl2IN2O3. The lowest BCUT2D eigenvalue weighted by Crippen LogP contribution is -2.24. The van der Waals surface area contributed by atoms with Gasteiger partial charge in [-0.05, 0) is 59.0 Å². The van der Waals surface area contributed by atoms with E-state index < -0.39 is 5.91 Å². The van der Waals surface area contributed by atoms with E-state index in [0.29, 0.717) is 21.4 Å². The molecule has 2 aromatic carbocycles. The Morgan fingerprint density at radius 1 is 1.30 bits per heavy atom. The number of halogens is 3. The van der Waals surface area contributed by atoms with Gasteiger partial charge in [0.15, 0.2) is 6.61 Å². The standard InChI is InChI=1S/C15H11Cl2IN2O3/c16-10-1-4-14(12(17)6-10)23-8-15(22)20-19-7-9-5-11(18)2-3-13(9)21/h1-7,21H,8H2,(H,20,22)/b19-7+. The Labute approximate surface area is 156 Å². The molecule has 0 heterocycles. The Morgan fingerprint density at radius 3 is 2.83 bits per heavy atom. The van der Waals surface area contributed by atoms with E-state index in [2.05, 4.69) is 33.1 Å². The molecule has 0 aliphatic carbocycles. The minimum Gasteiger partial charge on any atom is -0.507 e. The van der Waals surface area contributed by atoms with Crippen molar-refractivity contribution in [1.82, 2.24) is 5.43 Å². The van der Waals surface area contributed by atoms with Gasteiger partial charge in [0.1, 0.15) is 11.5 Å². The topological polar surface area (TPSA) is 70.9 Å². The van der Waals surface area contributed by atoms with Crippen molar-refractivity contribution in [1.29, 1.82) is 0 Å². The van der Waals surface area contributed by atoms with Crippen LogP contribution in [-0.2, 0) is 4.79 Å². The van der Waals surface area contributed by atoms with Gasteiger partial charge in [-0.3, -0.25) is 4.79 Å². The fraction of sp³-hybridized carbons (Fsp3) is 0.0667. The van der Waals surface area contributed by atoms with Crippen LogP contribution in [0.4, 0.5) is 0 Å². The fourth-order valence-electron chi connectivity index (χ4n) is 1.57. The molecular weight excluding hydrogens is 454 g/mol. The molecule has 0 fully saturated rings. The summed E-state index contributed by atoms with van der Waals surface area (Å²) in [5.41, 5.74) is 2.80. The molecule has 0 spiro atoms. The van der Waals surface area contributed by atoms with Crippen LogP contribution in [0.2, 0.25) is 10.0 Å². The van der Waals surface area contributed by atoms with Crippen LogP contribution < -0.4 is 10.2 Å². The van der Waals surface area contributed by atoms with Crippen LogP contribution in [0, 0.1) is 3.57 Å². The molecule has 0 atom stereocenters. The third-order valence-corrected chi connectivity index (χ3v) is 3.84. The zero-order valence-electron chi connectivity index (χ0n) is 11.6. The number of phenolic OH excluding ortho intramolecular Hbond substituents is 1. The number of nitrogens with zero attached hydrogens (tertiary/aromatic N) is 1. The van der Waals surface area contributed by atoms with Gasteiger partial charge >= 0.3 is 0 Å². The number of rotatable bonds is 5. The molecule has 0 bridgehead atoms. The highest BCUT2D eigenvalue weighted by atomic mass is 127. The van der Waals surface area contributed by atoms with Crippen molar-refractivity contribution in [2.75, 3.05) is 6.61 Å². The van der Waals surface area contributed by atoms with E-state index in [1.54, 1.807) is 30.3 Å². The van der Waals surface area contributed by atoms with Crippen molar-refractivity contribution in [3.63, 3.8) is 0 Å². The van der Waals surface area contributed by atoms with Crippen LogP contribution >= 0.6 is 45.8 Å². The molecule has 2 aromatic rings. The summed E-state index contributed by atoms with van der Waals surface area (Å²) >= 11 is 13.8. The summed E-state index contributed by atoms with van der Waals surface area (Å²) in [6.07, 6.45) is 1.35. The van der Waals surface area contributed by atoms with Crippen molar-refractivity contribution in [2.45, 2.75) is 0 Å². The van der Waals surface area contributed by atoms with Crippen molar-refractivity contribution >= 4 is 57.9 Å². The highest BCUT2D eigenvalue weighted by Crippen LogP contribution is 2.27. The molecule has 1 amide bonds.